The average molecular weight is 463 g/mol. The molecule has 0 aliphatic heterocycles. The van der Waals surface area contributed by atoms with Gasteiger partial charge >= 0.3 is 5.17 Å². The van der Waals surface area contributed by atoms with E-state index in [0.717, 1.165) is 11.1 Å². The molecule has 0 atom stereocenters. The van der Waals surface area contributed by atoms with E-state index in [-0.39, 0.29) is 17.7 Å². The van der Waals surface area contributed by atoms with E-state index in [4.69, 9.17) is 11.1 Å². The normalized spacial score (nSPS) is 10.1. The third-order valence-corrected chi connectivity index (χ3v) is 5.74. The number of hydrogen-bond acceptors (Lipinski definition) is 2. The molecule has 164 valence electrons. The number of amidine groups is 1. The van der Waals surface area contributed by atoms with Gasteiger partial charge in [-0.15, -0.1) is 0 Å². The van der Waals surface area contributed by atoms with Crippen LogP contribution in [0.1, 0.15) is 33.6 Å². The first-order chi connectivity index (χ1) is 15.1. The Morgan fingerprint density at radius 3 is 1.16 bits per heavy atom. The predicted octanol–water partition coefficient (Wildman–Crippen LogP) is 1.36. The maximum absolute atomic E-state index is 9.99. The Bertz CT molecular complexity index is 969. The first kappa shape index (κ1) is 25.2. The molecule has 0 aliphatic rings. The summed E-state index contributed by atoms with van der Waals surface area (Å²) in [5.74, 6) is 0. The van der Waals surface area contributed by atoms with E-state index in [1.807, 2.05) is 97.1 Å². The number of aliphatic hydroxyl groups is 1. The Morgan fingerprint density at radius 2 is 0.875 bits per heavy atom. The van der Waals surface area contributed by atoms with Gasteiger partial charge in [0.15, 0.2) is 0 Å². The van der Waals surface area contributed by atoms with Gasteiger partial charge in [0.05, 0.1) is 5.25 Å². The van der Waals surface area contributed by atoms with Gasteiger partial charge in [0.1, 0.15) is 6.10 Å². The molecule has 0 amide bonds. The van der Waals surface area contributed by atoms with Crippen molar-refractivity contribution in [3.05, 3.63) is 144 Å². The number of aliphatic hydroxyl groups excluding tert-OH is 1. The summed E-state index contributed by atoms with van der Waals surface area (Å²) < 4.78 is 0. The van der Waals surface area contributed by atoms with Gasteiger partial charge in [-0.1, -0.05) is 121 Å². The van der Waals surface area contributed by atoms with Crippen molar-refractivity contribution in [1.29, 1.82) is 0 Å². The lowest BCUT2D eigenvalue weighted by Crippen LogP contribution is -3.00. The molecule has 0 aromatic heterocycles. The summed E-state index contributed by atoms with van der Waals surface area (Å²) in [4.78, 5) is 0. The molecule has 0 spiro atoms. The number of rotatable bonds is 5. The third-order valence-electron chi connectivity index (χ3n) is 4.69. The second kappa shape index (κ2) is 13.4. The molecule has 0 radical (unpaired) electrons. The number of hydrogen-bond donors (Lipinski definition) is 3. The molecular formula is C27H27ClN2OS. The maximum Gasteiger partial charge on any atom is 0.300 e. The van der Waals surface area contributed by atoms with Crippen LogP contribution < -0.4 is 23.5 Å². The van der Waals surface area contributed by atoms with E-state index in [0.29, 0.717) is 5.17 Å². The highest BCUT2D eigenvalue weighted by atomic mass is 35.5. The molecule has 32 heavy (non-hydrogen) atoms. The fourth-order valence-corrected chi connectivity index (χ4v) is 4.04. The van der Waals surface area contributed by atoms with Gasteiger partial charge < -0.3 is 17.5 Å². The van der Waals surface area contributed by atoms with Gasteiger partial charge in [0.2, 0.25) is 0 Å². The topological polar surface area (TPSA) is 71.8 Å². The number of thioether (sulfide) groups is 1. The second-order valence-corrected chi connectivity index (χ2v) is 8.12. The van der Waals surface area contributed by atoms with Crippen LogP contribution in [-0.4, -0.2) is 10.3 Å². The summed E-state index contributed by atoms with van der Waals surface area (Å²) in [7, 11) is 0. The minimum atomic E-state index is -0.516. The van der Waals surface area contributed by atoms with Gasteiger partial charge in [-0.05, 0) is 34.0 Å². The lowest BCUT2D eigenvalue weighted by Gasteiger charge is -2.14. The Balaban J connectivity index is 0.000000224. The maximum atomic E-state index is 9.99. The largest absolute Gasteiger partial charge is 1.00 e. The van der Waals surface area contributed by atoms with Crippen molar-refractivity contribution in [1.82, 2.24) is 0 Å². The Hall–Kier alpha value is -3.05. The van der Waals surface area contributed by atoms with Crippen LogP contribution in [-0.2, 0) is 0 Å². The number of benzene rings is 4. The van der Waals surface area contributed by atoms with Crippen molar-refractivity contribution in [3.63, 3.8) is 0 Å². The molecule has 0 fully saturated rings. The monoisotopic (exact) mass is 462 g/mol. The summed E-state index contributed by atoms with van der Waals surface area (Å²) >= 11 is 1.48. The van der Waals surface area contributed by atoms with Crippen molar-refractivity contribution < 1.29 is 22.9 Å². The highest BCUT2D eigenvalue weighted by Crippen LogP contribution is 2.34. The first-order valence-corrected chi connectivity index (χ1v) is 11.0. The molecule has 0 saturated heterocycles. The van der Waals surface area contributed by atoms with Crippen molar-refractivity contribution >= 4 is 16.9 Å². The molecule has 4 aromatic rings. The quantitative estimate of drug-likeness (QED) is 0.310. The Kier molecular flexibility index (Phi) is 10.5. The zero-order chi connectivity index (χ0) is 21.9. The Labute approximate surface area is 200 Å². The molecule has 5 heteroatoms. The molecule has 0 saturated carbocycles. The lowest BCUT2D eigenvalue weighted by molar-refractivity contribution is -0.110. The van der Waals surface area contributed by atoms with Crippen LogP contribution in [0.2, 0.25) is 0 Å². The second-order valence-electron chi connectivity index (χ2n) is 6.95. The lowest BCUT2D eigenvalue weighted by atomic mass is 10.0. The van der Waals surface area contributed by atoms with E-state index in [2.05, 4.69) is 24.3 Å². The average Bonchev–Trinajstić information content (AvgIpc) is 2.84. The van der Waals surface area contributed by atoms with Crippen LogP contribution in [0.3, 0.4) is 0 Å². The molecule has 4 aromatic carbocycles. The summed E-state index contributed by atoms with van der Waals surface area (Å²) in [6, 6.07) is 39.8. The minimum Gasteiger partial charge on any atom is -1.00 e. The molecule has 3 nitrogen and oxygen atoms in total. The number of halogens is 1. The standard InChI is InChI=1S/C14H14N2S.C13H12O.ClH/c15-14(16)17-13(11-7-3-1-4-8-11)12-9-5-2-6-10-12;14-13(11-7-3-1-4-8-11)12-9-5-2-6-10-12;/h1-10,13H,(H3,15,16);1-10,13-14H;1H. The van der Waals surface area contributed by atoms with Crippen molar-refractivity contribution in [2.45, 2.75) is 11.4 Å². The molecule has 0 unspecified atom stereocenters. The van der Waals surface area contributed by atoms with Gasteiger partial charge in [-0.2, -0.15) is 0 Å². The van der Waals surface area contributed by atoms with Crippen LogP contribution in [0.25, 0.3) is 0 Å². The highest BCUT2D eigenvalue weighted by Gasteiger charge is 2.17. The fourth-order valence-electron chi connectivity index (χ4n) is 3.18. The first-order valence-electron chi connectivity index (χ1n) is 10.1. The SMILES string of the molecule is NC(=[NH2+])SC(c1ccccc1)c1ccccc1.OC(c1ccccc1)c1ccccc1.[Cl-]. The van der Waals surface area contributed by atoms with Gasteiger partial charge in [0, 0.05) is 0 Å². The van der Waals surface area contributed by atoms with Crippen LogP contribution in [0.4, 0.5) is 0 Å². The summed E-state index contributed by atoms with van der Waals surface area (Å²) in [5.41, 5.74) is 9.90. The summed E-state index contributed by atoms with van der Waals surface area (Å²) in [6.07, 6.45) is -0.516. The van der Waals surface area contributed by atoms with E-state index in [1.165, 1.54) is 22.9 Å². The van der Waals surface area contributed by atoms with Crippen LogP contribution in [0.5, 0.6) is 0 Å². The van der Waals surface area contributed by atoms with Crippen LogP contribution >= 0.6 is 11.8 Å². The third kappa shape index (κ3) is 7.57. The number of nitrogens with two attached hydrogens (primary N) is 2. The molecule has 0 bridgehead atoms. The molecule has 0 aliphatic carbocycles. The van der Waals surface area contributed by atoms with E-state index in [9.17, 15) is 5.11 Å². The summed E-state index contributed by atoms with van der Waals surface area (Å²) in [5, 5.41) is 16.2. The predicted molar refractivity (Wildman–Crippen MR) is 130 cm³/mol. The smallest absolute Gasteiger partial charge is 0.300 e. The highest BCUT2D eigenvalue weighted by molar-refractivity contribution is 8.13. The molecule has 5 N–H and O–H groups in total. The van der Waals surface area contributed by atoms with E-state index < -0.39 is 6.10 Å². The molecule has 4 rings (SSSR count). The Morgan fingerprint density at radius 1 is 0.594 bits per heavy atom. The van der Waals surface area contributed by atoms with Crippen molar-refractivity contribution in [2.75, 3.05) is 0 Å². The van der Waals surface area contributed by atoms with Crippen molar-refractivity contribution in [3.8, 4) is 0 Å². The van der Waals surface area contributed by atoms with Gasteiger partial charge in [0.25, 0.3) is 0 Å². The zero-order valence-corrected chi connectivity index (χ0v) is 19.2. The zero-order valence-electron chi connectivity index (χ0n) is 17.6. The van der Waals surface area contributed by atoms with Crippen LogP contribution in [0.15, 0.2) is 121 Å². The molecular weight excluding hydrogens is 436 g/mol. The van der Waals surface area contributed by atoms with E-state index in [1.54, 1.807) is 0 Å². The van der Waals surface area contributed by atoms with E-state index >= 15 is 0 Å². The van der Waals surface area contributed by atoms with Crippen LogP contribution in [0, 0.1) is 0 Å². The summed E-state index contributed by atoms with van der Waals surface area (Å²) in [6.45, 7) is 0. The van der Waals surface area contributed by atoms with Gasteiger partial charge in [-0.25, -0.2) is 0 Å². The minimum absolute atomic E-state index is 0. The fraction of sp³-hybridized carbons (Fsp3) is 0.0741. The molecule has 0 heterocycles. The van der Waals surface area contributed by atoms with Crippen molar-refractivity contribution in [2.24, 2.45) is 5.73 Å². The van der Waals surface area contributed by atoms with Gasteiger partial charge in [-0.3, -0.25) is 11.1 Å².